The van der Waals surface area contributed by atoms with Gasteiger partial charge in [-0.3, -0.25) is 4.79 Å². The molecule has 8 heteroatoms. The molecule has 1 rings (SSSR count). The Morgan fingerprint density at radius 2 is 1.85 bits per heavy atom. The number of carboxylic acid groups (broad SMARTS) is 1. The Labute approximate surface area is 117 Å². The number of carbonyl (C=O) groups is 1. The van der Waals surface area contributed by atoms with Gasteiger partial charge in [-0.05, 0) is 6.07 Å². The predicted molar refractivity (Wildman–Crippen MR) is 72.1 cm³/mol. The SMILES string of the molecule is COc1cc(S(C)(=O)=O)c(OC)cc1C(CN)C(=O)O. The maximum absolute atomic E-state index is 11.7. The number of hydrogen-bond donors (Lipinski definition) is 2. The van der Waals surface area contributed by atoms with E-state index in [1.165, 1.54) is 26.4 Å². The Bertz CT molecular complexity index is 611. The molecule has 1 aromatic rings. The van der Waals surface area contributed by atoms with E-state index in [2.05, 4.69) is 0 Å². The first-order valence-electron chi connectivity index (χ1n) is 5.65. The summed E-state index contributed by atoms with van der Waals surface area (Å²) in [5.41, 5.74) is 5.72. The highest BCUT2D eigenvalue weighted by Gasteiger charge is 2.26. The molecule has 0 saturated carbocycles. The van der Waals surface area contributed by atoms with Gasteiger partial charge < -0.3 is 20.3 Å². The normalized spacial score (nSPS) is 12.8. The lowest BCUT2D eigenvalue weighted by atomic mass is 9.98. The average molecular weight is 303 g/mol. The molecule has 0 amide bonds. The third-order valence-corrected chi connectivity index (χ3v) is 3.94. The number of rotatable bonds is 6. The Hall–Kier alpha value is -1.80. The molecule has 0 bridgehead atoms. The highest BCUT2D eigenvalue weighted by atomic mass is 32.2. The molecule has 1 atom stereocenters. The zero-order valence-electron chi connectivity index (χ0n) is 11.4. The smallest absolute Gasteiger partial charge is 0.312 e. The van der Waals surface area contributed by atoms with E-state index in [0.29, 0.717) is 0 Å². The maximum atomic E-state index is 11.7. The van der Waals surface area contributed by atoms with Gasteiger partial charge in [0.05, 0.1) is 20.1 Å². The third-order valence-electron chi connectivity index (χ3n) is 2.82. The van der Waals surface area contributed by atoms with Crippen LogP contribution in [0.15, 0.2) is 17.0 Å². The molecule has 112 valence electrons. The van der Waals surface area contributed by atoms with E-state index in [1.54, 1.807) is 0 Å². The Kier molecular flexibility index (Phi) is 4.96. The van der Waals surface area contributed by atoms with Crippen LogP contribution in [0.1, 0.15) is 11.5 Å². The van der Waals surface area contributed by atoms with E-state index in [4.69, 9.17) is 20.3 Å². The van der Waals surface area contributed by atoms with Crippen molar-refractivity contribution >= 4 is 15.8 Å². The van der Waals surface area contributed by atoms with Gasteiger partial charge in [-0.25, -0.2) is 8.42 Å². The first kappa shape index (κ1) is 16.3. The van der Waals surface area contributed by atoms with Crippen LogP contribution in [0.25, 0.3) is 0 Å². The molecule has 20 heavy (non-hydrogen) atoms. The van der Waals surface area contributed by atoms with Crippen molar-refractivity contribution in [3.63, 3.8) is 0 Å². The van der Waals surface area contributed by atoms with Crippen LogP contribution in [0.2, 0.25) is 0 Å². The van der Waals surface area contributed by atoms with Crippen LogP contribution in [-0.4, -0.2) is 46.5 Å². The molecule has 0 fully saturated rings. The lowest BCUT2D eigenvalue weighted by Crippen LogP contribution is -2.22. The van der Waals surface area contributed by atoms with Crippen LogP contribution < -0.4 is 15.2 Å². The Morgan fingerprint density at radius 3 is 2.20 bits per heavy atom. The summed E-state index contributed by atoms with van der Waals surface area (Å²) in [6.07, 6.45) is 1.03. The molecule has 0 heterocycles. The zero-order chi connectivity index (χ0) is 15.5. The van der Waals surface area contributed by atoms with E-state index in [-0.39, 0.29) is 28.5 Å². The van der Waals surface area contributed by atoms with Gasteiger partial charge >= 0.3 is 5.97 Å². The fraction of sp³-hybridized carbons (Fsp3) is 0.417. The van der Waals surface area contributed by atoms with Gasteiger partial charge in [-0.15, -0.1) is 0 Å². The van der Waals surface area contributed by atoms with Crippen molar-refractivity contribution in [2.24, 2.45) is 5.73 Å². The lowest BCUT2D eigenvalue weighted by molar-refractivity contribution is -0.138. The van der Waals surface area contributed by atoms with Crippen LogP contribution in [0.3, 0.4) is 0 Å². The Balaban J connectivity index is 3.60. The number of carboxylic acids is 1. The second-order valence-electron chi connectivity index (χ2n) is 4.14. The second kappa shape index (κ2) is 6.10. The van der Waals surface area contributed by atoms with Crippen molar-refractivity contribution in [2.75, 3.05) is 27.0 Å². The van der Waals surface area contributed by atoms with Crippen LogP contribution >= 0.6 is 0 Å². The highest BCUT2D eigenvalue weighted by molar-refractivity contribution is 7.90. The molecule has 0 aliphatic rings. The predicted octanol–water partition coefficient (Wildman–Crippen LogP) is 0.234. The number of hydrogen-bond acceptors (Lipinski definition) is 6. The van der Waals surface area contributed by atoms with Gasteiger partial charge in [0, 0.05) is 24.4 Å². The number of nitrogens with two attached hydrogens (primary N) is 1. The van der Waals surface area contributed by atoms with E-state index in [1.807, 2.05) is 0 Å². The van der Waals surface area contributed by atoms with Crippen molar-refractivity contribution in [3.05, 3.63) is 17.7 Å². The van der Waals surface area contributed by atoms with E-state index in [0.717, 1.165) is 6.26 Å². The van der Waals surface area contributed by atoms with E-state index in [9.17, 15) is 13.2 Å². The van der Waals surface area contributed by atoms with E-state index >= 15 is 0 Å². The summed E-state index contributed by atoms with van der Waals surface area (Å²) in [6, 6.07) is 2.58. The molecule has 0 aliphatic carbocycles. The van der Waals surface area contributed by atoms with Gasteiger partial charge in [-0.2, -0.15) is 0 Å². The van der Waals surface area contributed by atoms with Crippen molar-refractivity contribution in [1.29, 1.82) is 0 Å². The lowest BCUT2D eigenvalue weighted by Gasteiger charge is -2.17. The van der Waals surface area contributed by atoms with Crippen LogP contribution in [0.4, 0.5) is 0 Å². The maximum Gasteiger partial charge on any atom is 0.312 e. The van der Waals surface area contributed by atoms with Gasteiger partial charge in [0.25, 0.3) is 0 Å². The minimum Gasteiger partial charge on any atom is -0.496 e. The first-order chi connectivity index (χ1) is 9.26. The molecule has 0 aromatic heterocycles. The number of benzene rings is 1. The fourth-order valence-electron chi connectivity index (χ4n) is 1.82. The molecular formula is C12H17NO6S. The third kappa shape index (κ3) is 3.20. The van der Waals surface area contributed by atoms with Gasteiger partial charge in [-0.1, -0.05) is 0 Å². The number of ether oxygens (including phenoxy) is 2. The van der Waals surface area contributed by atoms with Crippen LogP contribution in [-0.2, 0) is 14.6 Å². The van der Waals surface area contributed by atoms with Crippen molar-refractivity contribution in [2.45, 2.75) is 10.8 Å². The molecule has 1 aromatic carbocycles. The molecule has 3 N–H and O–H groups in total. The second-order valence-corrected chi connectivity index (χ2v) is 6.13. The number of aliphatic carboxylic acids is 1. The highest BCUT2D eigenvalue weighted by Crippen LogP contribution is 2.35. The first-order valence-corrected chi connectivity index (χ1v) is 7.54. The standard InChI is InChI=1S/C12H17NO6S/c1-18-9-5-11(20(3,16)17)10(19-2)4-7(9)8(6-13)12(14)15/h4-5,8H,6,13H2,1-3H3,(H,14,15). The quantitative estimate of drug-likeness (QED) is 0.773. The number of sulfone groups is 1. The van der Waals surface area contributed by atoms with Crippen LogP contribution in [0, 0.1) is 0 Å². The average Bonchev–Trinajstić information content (AvgIpc) is 2.37. The summed E-state index contributed by atoms with van der Waals surface area (Å²) in [6.45, 7) is -0.146. The van der Waals surface area contributed by atoms with Crippen LogP contribution in [0.5, 0.6) is 11.5 Å². The van der Waals surface area contributed by atoms with Crippen molar-refractivity contribution < 1.29 is 27.8 Å². The largest absolute Gasteiger partial charge is 0.496 e. The topological polar surface area (TPSA) is 116 Å². The van der Waals surface area contributed by atoms with E-state index < -0.39 is 21.7 Å². The summed E-state index contributed by atoms with van der Waals surface area (Å²) in [4.78, 5) is 11.1. The molecule has 0 spiro atoms. The number of methoxy groups -OCH3 is 2. The monoisotopic (exact) mass is 303 g/mol. The summed E-state index contributed by atoms with van der Waals surface area (Å²) in [7, 11) is -0.901. The molecular weight excluding hydrogens is 286 g/mol. The van der Waals surface area contributed by atoms with Gasteiger partial charge in [0.2, 0.25) is 0 Å². The molecule has 0 radical (unpaired) electrons. The minimum absolute atomic E-state index is 0.0583. The molecule has 0 aliphatic heterocycles. The summed E-state index contributed by atoms with van der Waals surface area (Å²) < 4.78 is 33.5. The molecule has 0 saturated heterocycles. The Morgan fingerprint density at radius 1 is 1.30 bits per heavy atom. The zero-order valence-corrected chi connectivity index (χ0v) is 12.2. The molecule has 1 unspecified atom stereocenters. The fourth-order valence-corrected chi connectivity index (χ4v) is 2.65. The minimum atomic E-state index is -3.53. The van der Waals surface area contributed by atoms with Crippen molar-refractivity contribution in [3.8, 4) is 11.5 Å². The van der Waals surface area contributed by atoms with Crippen molar-refractivity contribution in [1.82, 2.24) is 0 Å². The molecule has 7 nitrogen and oxygen atoms in total. The van der Waals surface area contributed by atoms with Gasteiger partial charge in [0.15, 0.2) is 9.84 Å². The summed E-state index contributed by atoms with van der Waals surface area (Å²) in [5, 5.41) is 9.14. The summed E-state index contributed by atoms with van der Waals surface area (Å²) in [5.74, 6) is -1.93. The summed E-state index contributed by atoms with van der Waals surface area (Å²) >= 11 is 0. The van der Waals surface area contributed by atoms with Gasteiger partial charge in [0.1, 0.15) is 16.4 Å².